The van der Waals surface area contributed by atoms with E-state index in [1.807, 2.05) is 0 Å². The lowest BCUT2D eigenvalue weighted by molar-refractivity contribution is 0.0690. The van der Waals surface area contributed by atoms with Crippen LogP contribution in [0.3, 0.4) is 0 Å². The molecule has 2 aromatic rings. The van der Waals surface area contributed by atoms with Crippen LogP contribution in [0.4, 0.5) is 0 Å². The molecule has 0 atom stereocenters. The Morgan fingerprint density at radius 2 is 2.20 bits per heavy atom. The van der Waals surface area contributed by atoms with Gasteiger partial charge in [0, 0.05) is 24.5 Å². The van der Waals surface area contributed by atoms with Gasteiger partial charge in [-0.25, -0.2) is 14.8 Å². The van der Waals surface area contributed by atoms with Crippen molar-refractivity contribution in [2.75, 3.05) is 6.54 Å². The van der Waals surface area contributed by atoms with Crippen molar-refractivity contribution in [1.29, 1.82) is 0 Å². The molecule has 0 saturated heterocycles. The van der Waals surface area contributed by atoms with Crippen molar-refractivity contribution in [2.24, 2.45) is 0 Å². The van der Waals surface area contributed by atoms with Gasteiger partial charge in [-0.3, -0.25) is 4.79 Å². The molecule has 104 valence electrons. The van der Waals surface area contributed by atoms with Crippen LogP contribution in [-0.2, 0) is 6.42 Å². The predicted molar refractivity (Wildman–Crippen MR) is 74.4 cm³/mol. The molecule has 0 unspecified atom stereocenters. The van der Waals surface area contributed by atoms with E-state index < -0.39 is 5.97 Å². The molecule has 0 radical (unpaired) electrons. The summed E-state index contributed by atoms with van der Waals surface area (Å²) in [7, 11) is 0. The first-order valence-corrected chi connectivity index (χ1v) is 6.89. The number of thiazole rings is 1. The zero-order valence-corrected chi connectivity index (χ0v) is 11.7. The lowest BCUT2D eigenvalue weighted by atomic mass is 10.2. The molecule has 0 saturated carbocycles. The molecule has 2 heterocycles. The number of nitrogens with zero attached hydrogens (tertiary/aromatic N) is 2. The van der Waals surface area contributed by atoms with Crippen LogP contribution in [0.2, 0.25) is 5.15 Å². The van der Waals surface area contributed by atoms with E-state index in [9.17, 15) is 9.59 Å². The predicted octanol–water partition coefficient (Wildman–Crippen LogP) is 1.86. The molecule has 0 aliphatic heterocycles. The van der Waals surface area contributed by atoms with Gasteiger partial charge in [0.05, 0.1) is 10.6 Å². The maximum absolute atomic E-state index is 11.8. The van der Waals surface area contributed by atoms with Crippen molar-refractivity contribution in [2.45, 2.75) is 6.42 Å². The highest BCUT2D eigenvalue weighted by Gasteiger charge is 2.09. The number of amides is 1. The van der Waals surface area contributed by atoms with E-state index in [-0.39, 0.29) is 11.6 Å². The smallest absolute Gasteiger partial charge is 0.355 e. The van der Waals surface area contributed by atoms with E-state index in [1.54, 1.807) is 6.07 Å². The minimum Gasteiger partial charge on any atom is -0.476 e. The van der Waals surface area contributed by atoms with E-state index in [0.717, 1.165) is 0 Å². The highest BCUT2D eigenvalue weighted by Crippen LogP contribution is 2.10. The summed E-state index contributed by atoms with van der Waals surface area (Å²) in [6.07, 6.45) is 1.87. The van der Waals surface area contributed by atoms with E-state index in [4.69, 9.17) is 16.7 Å². The largest absolute Gasteiger partial charge is 0.476 e. The Kier molecular flexibility index (Phi) is 4.65. The molecule has 2 rings (SSSR count). The van der Waals surface area contributed by atoms with Crippen molar-refractivity contribution >= 4 is 34.8 Å². The molecule has 20 heavy (non-hydrogen) atoms. The van der Waals surface area contributed by atoms with Crippen LogP contribution in [0.15, 0.2) is 23.7 Å². The molecular weight excluding hydrogens is 302 g/mol. The number of aromatic carboxylic acids is 1. The van der Waals surface area contributed by atoms with Crippen molar-refractivity contribution < 1.29 is 14.7 Å². The Bertz CT molecular complexity index is 627. The SMILES string of the molecule is O=C(NCCc1nc(C(=O)O)cs1)c1ccc(Cl)nc1. The number of carbonyl (C=O) groups is 2. The van der Waals surface area contributed by atoms with E-state index in [1.165, 1.54) is 29.0 Å². The lowest BCUT2D eigenvalue weighted by Crippen LogP contribution is -2.25. The lowest BCUT2D eigenvalue weighted by Gasteiger charge is -2.03. The average molecular weight is 312 g/mol. The Labute approximate surface area is 123 Å². The minimum atomic E-state index is -1.05. The number of nitrogens with one attached hydrogen (secondary N) is 1. The second-order valence-electron chi connectivity index (χ2n) is 3.81. The van der Waals surface area contributed by atoms with Crippen LogP contribution in [0.5, 0.6) is 0 Å². The van der Waals surface area contributed by atoms with Crippen LogP contribution in [-0.4, -0.2) is 33.5 Å². The van der Waals surface area contributed by atoms with Crippen molar-refractivity contribution in [1.82, 2.24) is 15.3 Å². The number of rotatable bonds is 5. The Morgan fingerprint density at radius 1 is 1.40 bits per heavy atom. The first-order chi connectivity index (χ1) is 9.56. The van der Waals surface area contributed by atoms with Gasteiger partial charge in [-0.1, -0.05) is 11.6 Å². The number of aromatic nitrogens is 2. The molecule has 2 N–H and O–H groups in total. The molecule has 1 amide bonds. The maximum Gasteiger partial charge on any atom is 0.355 e. The van der Waals surface area contributed by atoms with E-state index in [0.29, 0.717) is 28.7 Å². The summed E-state index contributed by atoms with van der Waals surface area (Å²) in [5, 5.41) is 13.9. The minimum absolute atomic E-state index is 0.0261. The van der Waals surface area contributed by atoms with Crippen LogP contribution < -0.4 is 5.32 Å². The quantitative estimate of drug-likeness (QED) is 0.822. The molecule has 0 fully saturated rings. The number of carboxylic acids is 1. The van der Waals surface area contributed by atoms with Gasteiger partial charge >= 0.3 is 5.97 Å². The van der Waals surface area contributed by atoms with Crippen LogP contribution in [0.1, 0.15) is 25.9 Å². The summed E-state index contributed by atoms with van der Waals surface area (Å²) in [6, 6.07) is 3.12. The van der Waals surface area contributed by atoms with Gasteiger partial charge in [0.2, 0.25) is 0 Å². The monoisotopic (exact) mass is 311 g/mol. The Hall–Kier alpha value is -1.99. The van der Waals surface area contributed by atoms with Crippen LogP contribution in [0, 0.1) is 0 Å². The van der Waals surface area contributed by atoms with Gasteiger partial charge in [-0.15, -0.1) is 11.3 Å². The number of carbonyl (C=O) groups excluding carboxylic acids is 1. The molecule has 0 bridgehead atoms. The van der Waals surface area contributed by atoms with Gasteiger partial charge in [-0.05, 0) is 12.1 Å². The number of pyridine rings is 1. The van der Waals surface area contributed by atoms with Gasteiger partial charge in [-0.2, -0.15) is 0 Å². The van der Waals surface area contributed by atoms with E-state index in [2.05, 4.69) is 15.3 Å². The molecule has 8 heteroatoms. The van der Waals surface area contributed by atoms with Gasteiger partial charge in [0.1, 0.15) is 5.15 Å². The second kappa shape index (κ2) is 6.44. The van der Waals surface area contributed by atoms with Crippen LogP contribution in [0.25, 0.3) is 0 Å². The van der Waals surface area contributed by atoms with Gasteiger partial charge < -0.3 is 10.4 Å². The summed E-state index contributed by atoms with van der Waals surface area (Å²) < 4.78 is 0. The third-order valence-electron chi connectivity index (χ3n) is 2.38. The third-order valence-corrected chi connectivity index (χ3v) is 3.52. The Balaban J connectivity index is 1.84. The van der Waals surface area contributed by atoms with Crippen molar-refractivity contribution in [3.05, 3.63) is 45.1 Å². The zero-order chi connectivity index (χ0) is 14.5. The van der Waals surface area contributed by atoms with Crippen molar-refractivity contribution in [3.8, 4) is 0 Å². The fourth-order valence-corrected chi connectivity index (χ4v) is 2.30. The number of halogens is 1. The number of hydrogen-bond acceptors (Lipinski definition) is 5. The first-order valence-electron chi connectivity index (χ1n) is 5.63. The molecule has 0 aromatic carbocycles. The molecule has 2 aromatic heterocycles. The second-order valence-corrected chi connectivity index (χ2v) is 5.14. The van der Waals surface area contributed by atoms with Gasteiger partial charge in [0.15, 0.2) is 5.69 Å². The topological polar surface area (TPSA) is 92.2 Å². The highest BCUT2D eigenvalue weighted by atomic mass is 35.5. The fourth-order valence-electron chi connectivity index (χ4n) is 1.42. The van der Waals surface area contributed by atoms with Gasteiger partial charge in [0.25, 0.3) is 5.91 Å². The van der Waals surface area contributed by atoms with Crippen LogP contribution >= 0.6 is 22.9 Å². The summed E-state index contributed by atoms with van der Waals surface area (Å²) >= 11 is 6.89. The zero-order valence-electron chi connectivity index (χ0n) is 10.2. The third kappa shape index (κ3) is 3.75. The standard InChI is InChI=1S/C12H10ClN3O3S/c13-9-2-1-7(5-15-9)11(17)14-4-3-10-16-8(6-20-10)12(18)19/h1-2,5-6H,3-4H2,(H,14,17)(H,18,19). The maximum atomic E-state index is 11.8. The number of hydrogen-bond donors (Lipinski definition) is 2. The molecule has 0 aliphatic rings. The molecule has 6 nitrogen and oxygen atoms in total. The molecule has 0 spiro atoms. The average Bonchev–Trinajstić information content (AvgIpc) is 2.88. The summed E-state index contributed by atoms with van der Waals surface area (Å²) in [4.78, 5) is 30.2. The normalized spacial score (nSPS) is 10.2. The number of carboxylic acid groups (broad SMARTS) is 1. The molecular formula is C12H10ClN3O3S. The fraction of sp³-hybridized carbons (Fsp3) is 0.167. The van der Waals surface area contributed by atoms with E-state index >= 15 is 0 Å². The summed E-state index contributed by atoms with van der Waals surface area (Å²) in [6.45, 7) is 0.369. The first kappa shape index (κ1) is 14.4. The Morgan fingerprint density at radius 3 is 2.80 bits per heavy atom. The summed E-state index contributed by atoms with van der Waals surface area (Å²) in [5.74, 6) is -1.31. The van der Waals surface area contributed by atoms with Crippen molar-refractivity contribution in [3.63, 3.8) is 0 Å². The highest BCUT2D eigenvalue weighted by molar-refractivity contribution is 7.09. The molecule has 0 aliphatic carbocycles. The summed E-state index contributed by atoms with van der Waals surface area (Å²) in [5.41, 5.74) is 0.443.